The zero-order chi connectivity index (χ0) is 21.0. The lowest BCUT2D eigenvalue weighted by atomic mass is 10.1. The second kappa shape index (κ2) is 9.02. The number of carbonyl (C=O) groups excluding carboxylic acids is 1. The second-order valence-corrected chi connectivity index (χ2v) is 8.97. The van der Waals surface area contributed by atoms with E-state index in [-0.39, 0.29) is 34.1 Å². The maximum atomic E-state index is 12.7. The number of methoxy groups -OCH3 is 1. The Labute approximate surface area is 175 Å². The summed E-state index contributed by atoms with van der Waals surface area (Å²) in [4.78, 5) is 14.1. The Morgan fingerprint density at radius 2 is 1.86 bits per heavy atom. The number of nitrogens with one attached hydrogen (secondary N) is 1. The van der Waals surface area contributed by atoms with Crippen molar-refractivity contribution in [1.29, 1.82) is 0 Å². The minimum Gasteiger partial charge on any atom is -0.495 e. The van der Waals surface area contributed by atoms with Gasteiger partial charge in [-0.05, 0) is 48.7 Å². The molecule has 0 aliphatic carbocycles. The van der Waals surface area contributed by atoms with Crippen LogP contribution in [0.2, 0.25) is 5.02 Å². The van der Waals surface area contributed by atoms with Crippen molar-refractivity contribution in [3.63, 3.8) is 0 Å². The first-order valence-electron chi connectivity index (χ1n) is 9.19. The number of benzene rings is 2. The van der Waals surface area contributed by atoms with E-state index in [1.54, 1.807) is 35.2 Å². The topological polar surface area (TPSA) is 95.9 Å². The number of carbonyl (C=O) groups is 1. The molecule has 0 bridgehead atoms. The summed E-state index contributed by atoms with van der Waals surface area (Å²) < 4.78 is 33.0. The number of sulfonamides is 1. The predicted octanol–water partition coefficient (Wildman–Crippen LogP) is 2.68. The van der Waals surface area contributed by atoms with Crippen LogP contribution < -0.4 is 9.46 Å². The third-order valence-electron chi connectivity index (χ3n) is 4.79. The van der Waals surface area contributed by atoms with E-state index in [9.17, 15) is 18.3 Å². The molecule has 1 aliphatic rings. The average Bonchev–Trinajstić information content (AvgIpc) is 2.69. The summed E-state index contributed by atoms with van der Waals surface area (Å²) in [6, 6.07) is 11.0. The summed E-state index contributed by atoms with van der Waals surface area (Å²) >= 11 is 5.93. The van der Waals surface area contributed by atoms with Gasteiger partial charge in [0, 0.05) is 23.8 Å². The fraction of sp³-hybridized carbons (Fsp3) is 0.350. The molecule has 0 atom stereocenters. The van der Waals surface area contributed by atoms with E-state index in [0.717, 1.165) is 5.56 Å². The molecule has 1 fully saturated rings. The quantitative estimate of drug-likeness (QED) is 0.722. The fourth-order valence-electron chi connectivity index (χ4n) is 3.16. The number of anilines is 1. The molecule has 156 valence electrons. The number of amides is 1. The van der Waals surface area contributed by atoms with Gasteiger partial charge in [0.05, 0.1) is 19.6 Å². The number of rotatable bonds is 6. The maximum absolute atomic E-state index is 12.7. The van der Waals surface area contributed by atoms with Gasteiger partial charge in [-0.2, -0.15) is 0 Å². The molecule has 3 rings (SSSR count). The Balaban J connectivity index is 1.67. The van der Waals surface area contributed by atoms with E-state index in [2.05, 4.69) is 4.72 Å². The van der Waals surface area contributed by atoms with Gasteiger partial charge in [-0.15, -0.1) is 0 Å². The molecule has 2 aromatic rings. The zero-order valence-electron chi connectivity index (χ0n) is 16.0. The van der Waals surface area contributed by atoms with Crippen molar-refractivity contribution in [3.8, 4) is 5.75 Å². The molecule has 0 spiro atoms. The summed E-state index contributed by atoms with van der Waals surface area (Å²) in [6.07, 6.45) is 1.09. The number of aliphatic hydroxyl groups is 1. The molecule has 0 unspecified atom stereocenters. The predicted molar refractivity (Wildman–Crippen MR) is 111 cm³/mol. The molecule has 1 heterocycles. The number of piperidine rings is 1. The molecule has 29 heavy (non-hydrogen) atoms. The van der Waals surface area contributed by atoms with E-state index in [1.807, 2.05) is 0 Å². The van der Waals surface area contributed by atoms with Crippen LogP contribution in [0.25, 0.3) is 0 Å². The Kier molecular flexibility index (Phi) is 6.66. The highest BCUT2D eigenvalue weighted by atomic mass is 35.5. The summed E-state index contributed by atoms with van der Waals surface area (Å²) in [5.41, 5.74) is 1.15. The fourth-order valence-corrected chi connectivity index (χ4v) is 4.65. The van der Waals surface area contributed by atoms with Gasteiger partial charge in [-0.3, -0.25) is 9.52 Å². The number of nitrogens with zero attached hydrogens (tertiary/aromatic N) is 1. The third kappa shape index (κ3) is 5.41. The van der Waals surface area contributed by atoms with Crippen molar-refractivity contribution in [1.82, 2.24) is 4.90 Å². The molecule has 0 saturated carbocycles. The largest absolute Gasteiger partial charge is 0.495 e. The van der Waals surface area contributed by atoms with E-state index >= 15 is 0 Å². The van der Waals surface area contributed by atoms with Crippen LogP contribution in [0.5, 0.6) is 5.75 Å². The van der Waals surface area contributed by atoms with Crippen LogP contribution >= 0.6 is 11.6 Å². The molecule has 9 heteroatoms. The summed E-state index contributed by atoms with van der Waals surface area (Å²) in [6.45, 7) is 1.11. The van der Waals surface area contributed by atoms with Crippen molar-refractivity contribution >= 4 is 33.2 Å². The molecule has 0 aromatic heterocycles. The third-order valence-corrected chi connectivity index (χ3v) is 6.43. The van der Waals surface area contributed by atoms with Crippen LogP contribution in [-0.2, 0) is 21.2 Å². The lowest BCUT2D eigenvalue weighted by molar-refractivity contribution is -0.132. The van der Waals surface area contributed by atoms with Gasteiger partial charge in [0.15, 0.2) is 0 Å². The number of halogens is 1. The Bertz CT molecular complexity index is 971. The number of hydrogen-bond donors (Lipinski definition) is 2. The van der Waals surface area contributed by atoms with Crippen LogP contribution in [0.1, 0.15) is 18.4 Å². The first-order valence-corrected chi connectivity index (χ1v) is 11.1. The number of aliphatic hydroxyl groups excluding tert-OH is 1. The molecule has 2 N–H and O–H groups in total. The van der Waals surface area contributed by atoms with Crippen LogP contribution in [0.4, 0.5) is 5.69 Å². The van der Waals surface area contributed by atoms with Crippen molar-refractivity contribution in [3.05, 3.63) is 53.1 Å². The van der Waals surface area contributed by atoms with Gasteiger partial charge in [0.25, 0.3) is 10.0 Å². The van der Waals surface area contributed by atoms with Crippen LogP contribution in [0.15, 0.2) is 47.4 Å². The molecular weight excluding hydrogens is 416 g/mol. The van der Waals surface area contributed by atoms with E-state index in [0.29, 0.717) is 31.6 Å². The van der Waals surface area contributed by atoms with Gasteiger partial charge in [0.1, 0.15) is 10.6 Å². The first kappa shape index (κ1) is 21.4. The molecule has 1 aliphatic heterocycles. The van der Waals surface area contributed by atoms with Gasteiger partial charge in [0.2, 0.25) is 5.91 Å². The molecule has 2 aromatic carbocycles. The zero-order valence-corrected chi connectivity index (χ0v) is 17.5. The smallest absolute Gasteiger partial charge is 0.265 e. The highest BCUT2D eigenvalue weighted by Crippen LogP contribution is 2.28. The minimum absolute atomic E-state index is 0.00565. The van der Waals surface area contributed by atoms with Crippen molar-refractivity contribution < 1.29 is 23.1 Å². The van der Waals surface area contributed by atoms with E-state index in [1.165, 1.54) is 19.2 Å². The van der Waals surface area contributed by atoms with Gasteiger partial charge in [-0.25, -0.2) is 8.42 Å². The SMILES string of the molecule is COc1ccc(Cl)cc1S(=O)(=O)Nc1ccc(CC(=O)N2CCC(O)CC2)cc1. The van der Waals surface area contributed by atoms with Gasteiger partial charge in [-0.1, -0.05) is 23.7 Å². The first-order chi connectivity index (χ1) is 13.8. The van der Waals surface area contributed by atoms with E-state index in [4.69, 9.17) is 16.3 Å². The van der Waals surface area contributed by atoms with Crippen molar-refractivity contribution in [2.24, 2.45) is 0 Å². The maximum Gasteiger partial charge on any atom is 0.265 e. The lowest BCUT2D eigenvalue weighted by Gasteiger charge is -2.29. The average molecular weight is 439 g/mol. The molecule has 1 amide bonds. The Hall–Kier alpha value is -2.29. The Morgan fingerprint density at radius 3 is 2.48 bits per heavy atom. The highest BCUT2D eigenvalue weighted by molar-refractivity contribution is 7.92. The highest BCUT2D eigenvalue weighted by Gasteiger charge is 2.22. The number of hydrogen-bond acceptors (Lipinski definition) is 5. The van der Waals surface area contributed by atoms with Gasteiger partial charge < -0.3 is 14.7 Å². The normalized spacial score (nSPS) is 15.2. The van der Waals surface area contributed by atoms with Crippen LogP contribution in [0.3, 0.4) is 0 Å². The monoisotopic (exact) mass is 438 g/mol. The molecule has 7 nitrogen and oxygen atoms in total. The van der Waals surface area contributed by atoms with E-state index < -0.39 is 10.0 Å². The standard InChI is InChI=1S/C20H23ClN2O5S/c1-28-18-7-4-15(21)13-19(18)29(26,27)22-16-5-2-14(3-6-16)12-20(25)23-10-8-17(24)9-11-23/h2-7,13,17,22,24H,8-12H2,1H3. The molecule has 0 radical (unpaired) electrons. The molecule has 1 saturated heterocycles. The summed E-state index contributed by atoms with van der Waals surface area (Å²) in [5.74, 6) is 0.185. The van der Waals surface area contributed by atoms with Crippen molar-refractivity contribution in [2.75, 3.05) is 24.9 Å². The Morgan fingerprint density at radius 1 is 1.21 bits per heavy atom. The minimum atomic E-state index is -3.90. The number of ether oxygens (including phenoxy) is 1. The summed E-state index contributed by atoms with van der Waals surface area (Å²) in [7, 11) is -2.51. The lowest BCUT2D eigenvalue weighted by Crippen LogP contribution is -2.40. The number of likely N-dealkylation sites (tertiary alicyclic amines) is 1. The second-order valence-electron chi connectivity index (χ2n) is 6.89. The van der Waals surface area contributed by atoms with Gasteiger partial charge >= 0.3 is 0 Å². The summed E-state index contributed by atoms with van der Waals surface area (Å²) in [5, 5.41) is 9.83. The van der Waals surface area contributed by atoms with Crippen LogP contribution in [-0.4, -0.2) is 50.6 Å². The molecular formula is C20H23ClN2O5S. The van der Waals surface area contributed by atoms with Crippen LogP contribution in [0, 0.1) is 0 Å². The van der Waals surface area contributed by atoms with Crippen molar-refractivity contribution in [2.45, 2.75) is 30.3 Å².